The fourth-order valence-electron chi connectivity index (χ4n) is 2.99. The van der Waals surface area contributed by atoms with Crippen molar-refractivity contribution in [1.29, 1.82) is 0 Å². The summed E-state index contributed by atoms with van der Waals surface area (Å²) in [6.45, 7) is 0.416. The summed E-state index contributed by atoms with van der Waals surface area (Å²) in [5.74, 6) is 0.668. The van der Waals surface area contributed by atoms with Gasteiger partial charge in [-0.15, -0.1) is 0 Å². The summed E-state index contributed by atoms with van der Waals surface area (Å²) in [5, 5.41) is 14.6. The molecule has 0 heterocycles. The van der Waals surface area contributed by atoms with E-state index in [1.807, 2.05) is 30.3 Å². The van der Waals surface area contributed by atoms with Crippen LogP contribution in [-0.2, 0) is 6.61 Å². The lowest BCUT2D eigenvalue weighted by Gasteiger charge is -2.13. The zero-order valence-corrected chi connectivity index (χ0v) is 12.6. The van der Waals surface area contributed by atoms with Gasteiger partial charge >= 0.3 is 0 Å². The first-order valence-corrected chi connectivity index (χ1v) is 7.63. The summed E-state index contributed by atoms with van der Waals surface area (Å²) in [6.07, 6.45) is 0. The van der Waals surface area contributed by atoms with Gasteiger partial charge in [0.2, 0.25) is 0 Å². The van der Waals surface area contributed by atoms with Crippen LogP contribution in [-0.4, -0.2) is 5.11 Å². The monoisotopic (exact) mass is 300 g/mol. The minimum absolute atomic E-state index is 0.164. The van der Waals surface area contributed by atoms with E-state index in [0.717, 1.165) is 5.56 Å². The lowest BCUT2D eigenvalue weighted by Crippen LogP contribution is -1.98. The molecule has 0 spiro atoms. The molecule has 0 bridgehead atoms. The number of ether oxygens (including phenoxy) is 1. The number of rotatable bonds is 3. The molecule has 0 fully saturated rings. The van der Waals surface area contributed by atoms with Crippen molar-refractivity contribution in [1.82, 2.24) is 0 Å². The summed E-state index contributed by atoms with van der Waals surface area (Å²) in [7, 11) is 0. The van der Waals surface area contributed by atoms with Crippen molar-refractivity contribution in [2.24, 2.45) is 0 Å². The molecule has 4 rings (SSSR count). The van der Waals surface area contributed by atoms with E-state index < -0.39 is 0 Å². The number of phenolic OH excluding ortho intramolecular Hbond substituents is 1. The Balaban J connectivity index is 1.84. The van der Waals surface area contributed by atoms with E-state index in [9.17, 15) is 5.11 Å². The van der Waals surface area contributed by atoms with E-state index in [2.05, 4.69) is 30.3 Å². The summed E-state index contributed by atoms with van der Waals surface area (Å²) in [4.78, 5) is 0. The van der Waals surface area contributed by atoms with E-state index in [4.69, 9.17) is 4.74 Å². The first-order valence-electron chi connectivity index (χ1n) is 7.63. The van der Waals surface area contributed by atoms with Crippen molar-refractivity contribution in [2.75, 3.05) is 0 Å². The SMILES string of the molecule is Oc1ccccc1OCc1c2ccccc2cc2ccccc12. The molecule has 0 amide bonds. The third-order valence-corrected chi connectivity index (χ3v) is 4.12. The van der Waals surface area contributed by atoms with Gasteiger partial charge in [-0.25, -0.2) is 0 Å². The molecule has 1 N–H and O–H groups in total. The first kappa shape index (κ1) is 13.6. The largest absolute Gasteiger partial charge is 0.504 e. The summed E-state index contributed by atoms with van der Waals surface area (Å²) in [5.41, 5.74) is 1.14. The molecule has 0 saturated heterocycles. The molecule has 0 aromatic heterocycles. The Morgan fingerprint density at radius 2 is 1.26 bits per heavy atom. The predicted molar refractivity (Wildman–Crippen MR) is 93.9 cm³/mol. The molecule has 112 valence electrons. The molecule has 2 heteroatoms. The van der Waals surface area contributed by atoms with Crippen LogP contribution in [0.15, 0.2) is 78.9 Å². The van der Waals surface area contributed by atoms with Gasteiger partial charge in [0.1, 0.15) is 6.61 Å². The Morgan fingerprint density at radius 3 is 1.91 bits per heavy atom. The Hall–Kier alpha value is -3.00. The lowest BCUT2D eigenvalue weighted by atomic mass is 9.97. The molecule has 0 atom stereocenters. The fourth-order valence-corrected chi connectivity index (χ4v) is 2.99. The van der Waals surface area contributed by atoms with Crippen LogP contribution in [0, 0.1) is 0 Å². The second-order valence-corrected chi connectivity index (χ2v) is 5.55. The van der Waals surface area contributed by atoms with E-state index in [0.29, 0.717) is 12.4 Å². The average molecular weight is 300 g/mol. The Labute approximate surface area is 134 Å². The van der Waals surface area contributed by atoms with Crippen molar-refractivity contribution in [2.45, 2.75) is 6.61 Å². The van der Waals surface area contributed by atoms with E-state index in [1.165, 1.54) is 21.5 Å². The zero-order chi connectivity index (χ0) is 15.6. The number of para-hydroxylation sites is 2. The molecule has 0 aliphatic heterocycles. The van der Waals surface area contributed by atoms with Crippen molar-refractivity contribution >= 4 is 21.5 Å². The standard InChI is InChI=1S/C21H16O2/c22-20-11-5-6-12-21(20)23-14-19-17-9-3-1-7-15(17)13-16-8-2-4-10-18(16)19/h1-13,22H,14H2. The minimum atomic E-state index is 0.164. The van der Waals surface area contributed by atoms with Crippen LogP contribution in [0.2, 0.25) is 0 Å². The smallest absolute Gasteiger partial charge is 0.161 e. The van der Waals surface area contributed by atoms with Crippen LogP contribution >= 0.6 is 0 Å². The Bertz CT molecular complexity index is 935. The minimum Gasteiger partial charge on any atom is -0.504 e. The number of hydrogen-bond acceptors (Lipinski definition) is 2. The molecule has 4 aromatic rings. The van der Waals surface area contributed by atoms with Gasteiger partial charge in [0, 0.05) is 5.56 Å². The van der Waals surface area contributed by atoms with Gasteiger partial charge in [0.25, 0.3) is 0 Å². The predicted octanol–water partition coefficient (Wildman–Crippen LogP) is 5.28. The molecule has 2 nitrogen and oxygen atoms in total. The lowest BCUT2D eigenvalue weighted by molar-refractivity contribution is 0.291. The maximum Gasteiger partial charge on any atom is 0.161 e. The highest BCUT2D eigenvalue weighted by Crippen LogP contribution is 2.31. The van der Waals surface area contributed by atoms with Crippen molar-refractivity contribution in [3.8, 4) is 11.5 Å². The number of fused-ring (bicyclic) bond motifs is 2. The van der Waals surface area contributed by atoms with Gasteiger partial charge < -0.3 is 9.84 Å². The second-order valence-electron chi connectivity index (χ2n) is 5.55. The highest BCUT2D eigenvalue weighted by molar-refractivity contribution is 6.02. The molecule has 0 aliphatic rings. The molecule has 0 unspecified atom stereocenters. The average Bonchev–Trinajstić information content (AvgIpc) is 2.60. The topological polar surface area (TPSA) is 29.5 Å². The van der Waals surface area contributed by atoms with Crippen LogP contribution < -0.4 is 4.74 Å². The van der Waals surface area contributed by atoms with Gasteiger partial charge in [-0.05, 0) is 39.7 Å². The van der Waals surface area contributed by atoms with Crippen LogP contribution in [0.1, 0.15) is 5.56 Å². The van der Waals surface area contributed by atoms with Gasteiger partial charge in [0.05, 0.1) is 0 Å². The molecule has 0 aliphatic carbocycles. The summed E-state index contributed by atoms with van der Waals surface area (Å²) < 4.78 is 5.89. The number of phenols is 1. The molecular formula is C21H16O2. The maximum absolute atomic E-state index is 9.89. The van der Waals surface area contributed by atoms with Gasteiger partial charge in [-0.3, -0.25) is 0 Å². The van der Waals surface area contributed by atoms with E-state index >= 15 is 0 Å². The van der Waals surface area contributed by atoms with Crippen LogP contribution in [0.3, 0.4) is 0 Å². The highest BCUT2D eigenvalue weighted by Gasteiger charge is 2.09. The first-order chi connectivity index (χ1) is 11.3. The number of hydrogen-bond donors (Lipinski definition) is 1. The Kier molecular flexibility index (Phi) is 3.35. The number of benzene rings is 4. The Morgan fingerprint density at radius 1 is 0.696 bits per heavy atom. The van der Waals surface area contributed by atoms with Gasteiger partial charge in [-0.1, -0.05) is 60.7 Å². The molecular weight excluding hydrogens is 284 g/mol. The van der Waals surface area contributed by atoms with E-state index in [1.54, 1.807) is 18.2 Å². The molecule has 0 saturated carbocycles. The van der Waals surface area contributed by atoms with Crippen molar-refractivity contribution in [3.05, 3.63) is 84.4 Å². The van der Waals surface area contributed by atoms with Crippen LogP contribution in [0.5, 0.6) is 11.5 Å². The van der Waals surface area contributed by atoms with Gasteiger partial charge in [-0.2, -0.15) is 0 Å². The normalized spacial score (nSPS) is 11.0. The zero-order valence-electron chi connectivity index (χ0n) is 12.6. The summed E-state index contributed by atoms with van der Waals surface area (Å²) in [6, 6.07) is 25.9. The molecule has 0 radical (unpaired) electrons. The van der Waals surface area contributed by atoms with Crippen LogP contribution in [0.4, 0.5) is 0 Å². The third kappa shape index (κ3) is 2.49. The van der Waals surface area contributed by atoms with Crippen molar-refractivity contribution < 1.29 is 9.84 Å². The quantitative estimate of drug-likeness (QED) is 0.522. The fraction of sp³-hybridized carbons (Fsp3) is 0.0476. The molecule has 4 aromatic carbocycles. The second kappa shape index (κ2) is 5.65. The van der Waals surface area contributed by atoms with Gasteiger partial charge in [0.15, 0.2) is 11.5 Å². The third-order valence-electron chi connectivity index (χ3n) is 4.12. The van der Waals surface area contributed by atoms with Crippen molar-refractivity contribution in [3.63, 3.8) is 0 Å². The van der Waals surface area contributed by atoms with E-state index in [-0.39, 0.29) is 5.75 Å². The number of aromatic hydroxyl groups is 1. The maximum atomic E-state index is 9.89. The van der Waals surface area contributed by atoms with Crippen LogP contribution in [0.25, 0.3) is 21.5 Å². The highest BCUT2D eigenvalue weighted by atomic mass is 16.5. The molecule has 23 heavy (non-hydrogen) atoms. The summed E-state index contributed by atoms with van der Waals surface area (Å²) >= 11 is 0.